The number of aryl methyl sites for hydroxylation is 1. The first-order valence-corrected chi connectivity index (χ1v) is 17.7. The first-order valence-electron chi connectivity index (χ1n) is 13.9. The van der Waals surface area contributed by atoms with Crippen LogP contribution in [0.4, 0.5) is 21.2 Å². The van der Waals surface area contributed by atoms with Gasteiger partial charge in [-0.2, -0.15) is 4.52 Å². The number of hydrogen-bond acceptors (Lipinski definition) is 8. The Hall–Kier alpha value is -2.86. The number of hydrogen-bond donors (Lipinski definition) is 1. The van der Waals surface area contributed by atoms with Crippen molar-refractivity contribution in [1.29, 1.82) is 0 Å². The summed E-state index contributed by atoms with van der Waals surface area (Å²) in [6.07, 6.45) is 0.773. The van der Waals surface area contributed by atoms with E-state index in [0.29, 0.717) is 6.61 Å². The number of rotatable bonds is 8. The largest absolute Gasteiger partial charge is 0.415 e. The quantitative estimate of drug-likeness (QED) is 0.251. The average Bonchev–Trinajstić information content (AvgIpc) is 3.56. The summed E-state index contributed by atoms with van der Waals surface area (Å²) in [7, 11) is 0.187. The lowest BCUT2D eigenvalue weighted by Crippen LogP contribution is -2.55. The Bertz CT molecular complexity index is 1460. The zero-order valence-electron chi connectivity index (χ0n) is 24.5. The highest BCUT2D eigenvalue weighted by atomic mass is 32.1. The summed E-state index contributed by atoms with van der Waals surface area (Å²) in [6.45, 7) is 16.8. The predicted octanol–water partition coefficient (Wildman–Crippen LogP) is 6.12. The molecule has 1 saturated heterocycles. The Labute approximate surface area is 241 Å². The van der Waals surface area contributed by atoms with Gasteiger partial charge < -0.3 is 19.5 Å². The fraction of sp³-hybridized carbons (Fsp3) is 0.483. The Kier molecular flexibility index (Phi) is 8.02. The third kappa shape index (κ3) is 5.78. The van der Waals surface area contributed by atoms with Gasteiger partial charge in [-0.15, -0.1) is 16.4 Å². The molecule has 0 bridgehead atoms. The second-order valence-electron chi connectivity index (χ2n) is 11.9. The van der Waals surface area contributed by atoms with Crippen molar-refractivity contribution >= 4 is 42.1 Å². The summed E-state index contributed by atoms with van der Waals surface area (Å²) in [4.78, 5) is 14.1. The van der Waals surface area contributed by atoms with Gasteiger partial charge in [0.2, 0.25) is 0 Å². The lowest BCUT2D eigenvalue weighted by atomic mass is 10.2. The van der Waals surface area contributed by atoms with Gasteiger partial charge in [0.05, 0.1) is 18.0 Å². The zero-order valence-corrected chi connectivity index (χ0v) is 26.3. The molecular formula is C29H40FN7OSSi. The smallest absolute Gasteiger partial charge is 0.192 e. The fourth-order valence-corrected chi connectivity index (χ4v) is 6.48. The van der Waals surface area contributed by atoms with Gasteiger partial charge in [0.15, 0.2) is 24.9 Å². The molecule has 40 heavy (non-hydrogen) atoms. The second-order valence-corrected chi connectivity index (χ2v) is 17.6. The molecule has 1 aliphatic heterocycles. The summed E-state index contributed by atoms with van der Waals surface area (Å²) in [6, 6.07) is 10.8. The second kappa shape index (κ2) is 11.2. The molecule has 0 unspecified atom stereocenters. The minimum atomic E-state index is -1.82. The summed E-state index contributed by atoms with van der Waals surface area (Å²) in [5.41, 5.74) is 3.48. The van der Waals surface area contributed by atoms with Gasteiger partial charge in [-0.05, 0) is 61.0 Å². The van der Waals surface area contributed by atoms with Crippen LogP contribution in [0.5, 0.6) is 0 Å². The van der Waals surface area contributed by atoms with Crippen molar-refractivity contribution < 1.29 is 8.82 Å². The van der Waals surface area contributed by atoms with Crippen molar-refractivity contribution in [3.8, 4) is 11.3 Å². The maximum atomic E-state index is 13.4. The van der Waals surface area contributed by atoms with Crippen molar-refractivity contribution in [3.05, 3.63) is 53.3 Å². The van der Waals surface area contributed by atoms with Gasteiger partial charge >= 0.3 is 0 Å². The van der Waals surface area contributed by atoms with Crippen LogP contribution < -0.4 is 15.1 Å². The Balaban J connectivity index is 1.39. The SMILES string of the molecule is CCc1nc2ccc(N3CCN[C@H](CO[Si](C)(C)C(C)(C)C)C3)nn2c1N(C)c1nc(-c2ccc(F)cc2)cs1. The van der Waals surface area contributed by atoms with E-state index in [0.717, 1.165) is 65.4 Å². The minimum Gasteiger partial charge on any atom is -0.415 e. The number of fused-ring (bicyclic) bond motifs is 1. The van der Waals surface area contributed by atoms with Crippen molar-refractivity contribution in [2.45, 2.75) is 58.3 Å². The highest BCUT2D eigenvalue weighted by molar-refractivity contribution is 7.14. The molecule has 1 fully saturated rings. The third-order valence-corrected chi connectivity index (χ3v) is 13.5. The van der Waals surface area contributed by atoms with Crippen LogP contribution in [0.15, 0.2) is 41.8 Å². The first-order chi connectivity index (χ1) is 19.0. The van der Waals surface area contributed by atoms with Crippen LogP contribution in [0.25, 0.3) is 16.9 Å². The summed E-state index contributed by atoms with van der Waals surface area (Å²) < 4.78 is 21.9. The summed E-state index contributed by atoms with van der Waals surface area (Å²) >= 11 is 1.55. The van der Waals surface area contributed by atoms with E-state index in [4.69, 9.17) is 19.5 Å². The highest BCUT2D eigenvalue weighted by Crippen LogP contribution is 2.37. The van der Waals surface area contributed by atoms with Crippen LogP contribution >= 0.6 is 11.3 Å². The van der Waals surface area contributed by atoms with Gasteiger partial charge in [0.1, 0.15) is 11.6 Å². The number of piperazine rings is 1. The average molecular weight is 582 g/mol. The monoisotopic (exact) mass is 581 g/mol. The van der Waals surface area contributed by atoms with Gasteiger partial charge in [0, 0.05) is 43.7 Å². The van der Waals surface area contributed by atoms with E-state index in [2.05, 4.69) is 62.0 Å². The fourth-order valence-electron chi connectivity index (χ4n) is 4.63. The van der Waals surface area contributed by atoms with Crippen molar-refractivity contribution in [1.82, 2.24) is 24.9 Å². The molecule has 0 spiro atoms. The molecule has 214 valence electrons. The number of anilines is 3. The number of aromatic nitrogens is 4. The Morgan fingerprint density at radius 1 is 1.15 bits per heavy atom. The Morgan fingerprint density at radius 2 is 1.90 bits per heavy atom. The van der Waals surface area contributed by atoms with Gasteiger partial charge in [0.25, 0.3) is 0 Å². The van der Waals surface area contributed by atoms with E-state index in [1.165, 1.54) is 12.1 Å². The number of nitrogens with zero attached hydrogens (tertiary/aromatic N) is 6. The van der Waals surface area contributed by atoms with Crippen LogP contribution in [0.3, 0.4) is 0 Å². The number of halogens is 1. The Morgan fingerprint density at radius 3 is 2.60 bits per heavy atom. The molecule has 4 heterocycles. The molecule has 3 aromatic heterocycles. The first kappa shape index (κ1) is 28.7. The molecule has 1 N–H and O–H groups in total. The molecule has 11 heteroatoms. The molecule has 4 aromatic rings. The lowest BCUT2D eigenvalue weighted by Gasteiger charge is -2.39. The van der Waals surface area contributed by atoms with E-state index in [-0.39, 0.29) is 16.9 Å². The lowest BCUT2D eigenvalue weighted by molar-refractivity contribution is 0.235. The molecule has 5 rings (SSSR count). The van der Waals surface area contributed by atoms with E-state index in [1.807, 2.05) is 23.0 Å². The van der Waals surface area contributed by atoms with E-state index < -0.39 is 8.32 Å². The van der Waals surface area contributed by atoms with Crippen molar-refractivity contribution in [2.75, 3.05) is 43.1 Å². The molecule has 1 atom stereocenters. The highest BCUT2D eigenvalue weighted by Gasteiger charge is 2.38. The molecule has 0 aliphatic carbocycles. The number of thiazole rings is 1. The zero-order chi connectivity index (χ0) is 28.7. The topological polar surface area (TPSA) is 70.8 Å². The van der Waals surface area contributed by atoms with Crippen LogP contribution in [-0.2, 0) is 10.8 Å². The number of nitrogens with one attached hydrogen (secondary N) is 1. The molecule has 0 saturated carbocycles. The summed E-state index contributed by atoms with van der Waals surface area (Å²) in [5.74, 6) is 1.58. The van der Waals surface area contributed by atoms with Gasteiger partial charge in [-0.3, -0.25) is 0 Å². The number of benzene rings is 1. The van der Waals surface area contributed by atoms with Crippen molar-refractivity contribution in [3.63, 3.8) is 0 Å². The molecule has 1 aromatic carbocycles. The third-order valence-electron chi connectivity index (χ3n) is 8.11. The summed E-state index contributed by atoms with van der Waals surface area (Å²) in [5, 5.41) is 11.7. The normalized spacial score (nSPS) is 16.6. The minimum absolute atomic E-state index is 0.186. The van der Waals surface area contributed by atoms with Crippen LogP contribution in [0, 0.1) is 5.82 Å². The standard InChI is InChI=1S/C29H40FN7OSSi/c1-8-23-27(35(5)28-33-24(19-39-28)20-9-11-21(30)12-10-20)37-25(32-23)13-14-26(34-37)36-16-15-31-22(17-36)18-38-40(6,7)29(2,3)4/h9-14,19,22,31H,8,15-18H2,1-7H3/t22-/m0/s1. The van der Waals surface area contributed by atoms with E-state index >= 15 is 0 Å². The molecule has 8 nitrogen and oxygen atoms in total. The molecule has 0 radical (unpaired) electrons. The molecular weight excluding hydrogens is 542 g/mol. The maximum absolute atomic E-state index is 13.4. The molecule has 1 aliphatic rings. The number of imidazole rings is 1. The van der Waals surface area contributed by atoms with Gasteiger partial charge in [-0.25, -0.2) is 14.4 Å². The predicted molar refractivity (Wildman–Crippen MR) is 165 cm³/mol. The van der Waals surface area contributed by atoms with Crippen LogP contribution in [0.1, 0.15) is 33.4 Å². The van der Waals surface area contributed by atoms with Crippen LogP contribution in [-0.4, -0.2) is 67.2 Å². The van der Waals surface area contributed by atoms with Gasteiger partial charge in [-0.1, -0.05) is 27.7 Å². The molecule has 0 amide bonds. The van der Waals surface area contributed by atoms with Crippen LogP contribution in [0.2, 0.25) is 18.1 Å². The van der Waals surface area contributed by atoms with E-state index in [1.54, 1.807) is 23.5 Å². The van der Waals surface area contributed by atoms with E-state index in [9.17, 15) is 4.39 Å². The maximum Gasteiger partial charge on any atom is 0.192 e. The van der Waals surface area contributed by atoms with Crippen molar-refractivity contribution in [2.24, 2.45) is 0 Å².